The van der Waals surface area contributed by atoms with E-state index < -0.39 is 17.9 Å². The van der Waals surface area contributed by atoms with Crippen LogP contribution in [0.25, 0.3) is 0 Å². The number of nitrogens with two attached hydrogens (primary N) is 1. The third-order valence-corrected chi connectivity index (χ3v) is 1.44. The first-order valence-corrected chi connectivity index (χ1v) is 3.72. The van der Waals surface area contributed by atoms with E-state index in [9.17, 15) is 9.59 Å². The highest BCUT2D eigenvalue weighted by Gasteiger charge is 2.17. The van der Waals surface area contributed by atoms with Crippen LogP contribution in [0.2, 0.25) is 0 Å². The molecule has 76 valence electrons. The van der Waals surface area contributed by atoms with Gasteiger partial charge >= 0.3 is 5.97 Å². The minimum Gasteiger partial charge on any atom is -0.480 e. The van der Waals surface area contributed by atoms with E-state index in [4.69, 9.17) is 10.8 Å². The Labute approximate surface area is 78.5 Å². The van der Waals surface area contributed by atoms with Gasteiger partial charge in [0, 0.05) is 0 Å². The summed E-state index contributed by atoms with van der Waals surface area (Å²) in [6.45, 7) is 1.33. The molecule has 0 radical (unpaired) electrons. The van der Waals surface area contributed by atoms with Crippen LogP contribution in [0.5, 0.6) is 0 Å². The predicted molar refractivity (Wildman–Crippen MR) is 45.4 cm³/mol. The van der Waals surface area contributed by atoms with E-state index in [0.717, 1.165) is 0 Å². The number of carbonyl (C=O) groups is 2. The van der Waals surface area contributed by atoms with E-state index in [1.54, 1.807) is 0 Å². The molecule has 5 N–H and O–H groups in total. The summed E-state index contributed by atoms with van der Waals surface area (Å²) in [7, 11) is 0. The van der Waals surface area contributed by atoms with Crippen molar-refractivity contribution in [2.45, 2.75) is 13.0 Å². The standard InChI is InChI=1S/C6H9N5O3/c1-2(5(13)14)8-4(12)3-9-6(7)11-10-3/h2H,1H3,(H,8,12)(H,13,14)(H3,7,9,10,11). The van der Waals surface area contributed by atoms with Gasteiger partial charge in [0.2, 0.25) is 11.8 Å². The van der Waals surface area contributed by atoms with Gasteiger partial charge in [-0.3, -0.25) is 14.7 Å². The number of carboxylic acids is 1. The second-order valence-electron chi connectivity index (χ2n) is 2.58. The third kappa shape index (κ3) is 2.19. The lowest BCUT2D eigenvalue weighted by atomic mass is 10.3. The number of amides is 1. The summed E-state index contributed by atoms with van der Waals surface area (Å²) in [6, 6.07) is -0.992. The normalized spacial score (nSPS) is 12.1. The van der Waals surface area contributed by atoms with Crippen molar-refractivity contribution < 1.29 is 14.7 Å². The molecule has 0 spiro atoms. The number of rotatable bonds is 3. The molecule has 1 aromatic rings. The number of H-pyrrole nitrogens is 1. The Hall–Kier alpha value is -2.12. The average molecular weight is 199 g/mol. The molecule has 1 aromatic heterocycles. The van der Waals surface area contributed by atoms with Crippen molar-refractivity contribution in [3.05, 3.63) is 5.82 Å². The van der Waals surface area contributed by atoms with Crippen LogP contribution in [0.4, 0.5) is 5.95 Å². The molecule has 8 heteroatoms. The van der Waals surface area contributed by atoms with Gasteiger partial charge in [-0.05, 0) is 6.92 Å². The molecule has 0 aliphatic carbocycles. The Morgan fingerprint density at radius 1 is 1.64 bits per heavy atom. The summed E-state index contributed by atoms with van der Waals surface area (Å²) < 4.78 is 0. The van der Waals surface area contributed by atoms with Crippen molar-refractivity contribution in [3.63, 3.8) is 0 Å². The lowest BCUT2D eigenvalue weighted by molar-refractivity contribution is -0.138. The smallest absolute Gasteiger partial charge is 0.325 e. The van der Waals surface area contributed by atoms with Gasteiger partial charge in [0.05, 0.1) is 0 Å². The monoisotopic (exact) mass is 199 g/mol. The molecule has 1 atom stereocenters. The maximum atomic E-state index is 11.2. The predicted octanol–water partition coefficient (Wildman–Crippen LogP) is -1.41. The molecule has 0 saturated heterocycles. The van der Waals surface area contributed by atoms with Crippen molar-refractivity contribution in [2.75, 3.05) is 5.73 Å². The molecule has 0 fully saturated rings. The van der Waals surface area contributed by atoms with Gasteiger partial charge in [-0.2, -0.15) is 4.98 Å². The second kappa shape index (κ2) is 3.73. The number of nitrogen functional groups attached to an aromatic ring is 1. The van der Waals surface area contributed by atoms with Crippen LogP contribution in [0.3, 0.4) is 0 Å². The Morgan fingerprint density at radius 2 is 2.29 bits per heavy atom. The molecule has 0 aliphatic rings. The summed E-state index contributed by atoms with van der Waals surface area (Å²) in [6.07, 6.45) is 0. The number of hydrogen-bond donors (Lipinski definition) is 4. The Kier molecular flexibility index (Phi) is 2.65. The van der Waals surface area contributed by atoms with E-state index in [1.165, 1.54) is 6.92 Å². The number of carboxylic acid groups (broad SMARTS) is 1. The molecule has 0 aromatic carbocycles. The van der Waals surface area contributed by atoms with Gasteiger partial charge in [0.1, 0.15) is 6.04 Å². The topological polar surface area (TPSA) is 134 Å². The number of anilines is 1. The molecule has 1 heterocycles. The van der Waals surface area contributed by atoms with Gasteiger partial charge in [0.25, 0.3) is 5.91 Å². The first-order valence-electron chi connectivity index (χ1n) is 3.72. The summed E-state index contributed by atoms with van der Waals surface area (Å²) in [5.74, 6) is -1.98. The van der Waals surface area contributed by atoms with E-state index in [1.807, 2.05) is 0 Å². The Bertz CT molecular complexity index is 360. The molecule has 1 amide bonds. The number of aliphatic carboxylic acids is 1. The zero-order chi connectivity index (χ0) is 10.7. The van der Waals surface area contributed by atoms with Gasteiger partial charge in [-0.25, -0.2) is 0 Å². The SMILES string of the molecule is CC(NC(=O)c1nc(N)n[nH]1)C(=O)O. The minimum atomic E-state index is -1.13. The zero-order valence-electron chi connectivity index (χ0n) is 7.31. The molecular weight excluding hydrogens is 190 g/mol. The van der Waals surface area contributed by atoms with Gasteiger partial charge in [0.15, 0.2) is 0 Å². The highest BCUT2D eigenvalue weighted by Crippen LogP contribution is 1.93. The Balaban J connectivity index is 2.63. The summed E-state index contributed by atoms with van der Waals surface area (Å²) in [5, 5.41) is 16.4. The second-order valence-corrected chi connectivity index (χ2v) is 2.58. The number of carbonyl (C=O) groups excluding carboxylic acids is 1. The lowest BCUT2D eigenvalue weighted by Gasteiger charge is -2.06. The lowest BCUT2D eigenvalue weighted by Crippen LogP contribution is -2.38. The van der Waals surface area contributed by atoms with E-state index in [-0.39, 0.29) is 11.8 Å². The third-order valence-electron chi connectivity index (χ3n) is 1.44. The number of nitrogens with zero attached hydrogens (tertiary/aromatic N) is 2. The highest BCUT2D eigenvalue weighted by molar-refractivity contribution is 5.93. The van der Waals surface area contributed by atoms with Crippen molar-refractivity contribution in [2.24, 2.45) is 0 Å². The van der Waals surface area contributed by atoms with Crippen LogP contribution < -0.4 is 11.1 Å². The average Bonchev–Trinajstić information content (AvgIpc) is 2.51. The van der Waals surface area contributed by atoms with Crippen LogP contribution in [0.1, 0.15) is 17.5 Å². The quantitative estimate of drug-likeness (QED) is 0.472. The molecule has 1 unspecified atom stereocenters. The minimum absolute atomic E-state index is 0.0712. The molecule has 14 heavy (non-hydrogen) atoms. The fourth-order valence-electron chi connectivity index (χ4n) is 0.703. The molecule has 0 saturated carbocycles. The maximum absolute atomic E-state index is 11.2. The number of aromatic amines is 1. The van der Waals surface area contributed by atoms with Crippen LogP contribution >= 0.6 is 0 Å². The summed E-state index contributed by atoms with van der Waals surface area (Å²) >= 11 is 0. The van der Waals surface area contributed by atoms with Gasteiger partial charge in [-0.15, -0.1) is 5.10 Å². The van der Waals surface area contributed by atoms with Crippen molar-refractivity contribution >= 4 is 17.8 Å². The number of hydrogen-bond acceptors (Lipinski definition) is 5. The summed E-state index contributed by atoms with van der Waals surface area (Å²) in [5.41, 5.74) is 5.16. The summed E-state index contributed by atoms with van der Waals surface area (Å²) in [4.78, 5) is 25.1. The fraction of sp³-hybridized carbons (Fsp3) is 0.333. The van der Waals surface area contributed by atoms with Crippen LogP contribution in [-0.2, 0) is 4.79 Å². The zero-order valence-corrected chi connectivity index (χ0v) is 7.31. The number of aromatic nitrogens is 3. The highest BCUT2D eigenvalue weighted by atomic mass is 16.4. The van der Waals surface area contributed by atoms with E-state index in [0.29, 0.717) is 0 Å². The van der Waals surface area contributed by atoms with Crippen LogP contribution in [-0.4, -0.2) is 38.2 Å². The van der Waals surface area contributed by atoms with Crippen LogP contribution in [0, 0.1) is 0 Å². The molecular formula is C6H9N5O3. The van der Waals surface area contributed by atoms with Crippen molar-refractivity contribution in [1.82, 2.24) is 20.5 Å². The van der Waals surface area contributed by atoms with Crippen molar-refractivity contribution in [1.29, 1.82) is 0 Å². The first kappa shape index (κ1) is 9.96. The fourth-order valence-corrected chi connectivity index (χ4v) is 0.703. The molecule has 0 aliphatic heterocycles. The largest absolute Gasteiger partial charge is 0.480 e. The maximum Gasteiger partial charge on any atom is 0.325 e. The molecule has 8 nitrogen and oxygen atoms in total. The first-order chi connectivity index (χ1) is 6.50. The molecule has 0 bridgehead atoms. The number of nitrogens with one attached hydrogen (secondary N) is 2. The van der Waals surface area contributed by atoms with Gasteiger partial charge in [-0.1, -0.05) is 0 Å². The molecule has 1 rings (SSSR count). The van der Waals surface area contributed by atoms with E-state index in [2.05, 4.69) is 20.5 Å². The van der Waals surface area contributed by atoms with E-state index >= 15 is 0 Å². The van der Waals surface area contributed by atoms with Crippen molar-refractivity contribution in [3.8, 4) is 0 Å². The Morgan fingerprint density at radius 3 is 2.71 bits per heavy atom. The van der Waals surface area contributed by atoms with Gasteiger partial charge < -0.3 is 16.2 Å². The van der Waals surface area contributed by atoms with Crippen LogP contribution in [0.15, 0.2) is 0 Å².